The fourth-order valence-corrected chi connectivity index (χ4v) is 1.69. The number of aliphatic hydroxyl groups is 1. The zero-order valence-electron chi connectivity index (χ0n) is 10.1. The Hall–Kier alpha value is -2.36. The van der Waals surface area contributed by atoms with Crippen LogP contribution in [0.4, 0.5) is 0 Å². The molecule has 0 saturated heterocycles. The second-order valence-electron chi connectivity index (χ2n) is 4.13. The van der Waals surface area contributed by atoms with Gasteiger partial charge in [-0.2, -0.15) is 0 Å². The molecule has 4 heteroatoms. The molecular formula is C14H12O4. The van der Waals surface area contributed by atoms with E-state index in [0.29, 0.717) is 11.0 Å². The molecule has 2 rings (SSSR count). The highest BCUT2D eigenvalue weighted by Crippen LogP contribution is 2.18. The van der Waals surface area contributed by atoms with Gasteiger partial charge in [-0.25, -0.2) is 4.79 Å². The third-order valence-corrected chi connectivity index (χ3v) is 2.50. The molecule has 92 valence electrons. The van der Waals surface area contributed by atoms with Crippen molar-refractivity contribution in [1.82, 2.24) is 0 Å². The smallest absolute Gasteiger partial charge is 0.347 e. The first kappa shape index (κ1) is 12.1. The predicted molar refractivity (Wildman–Crippen MR) is 68.5 cm³/mol. The van der Waals surface area contributed by atoms with Crippen LogP contribution in [0.3, 0.4) is 0 Å². The van der Waals surface area contributed by atoms with Crippen molar-refractivity contribution < 1.29 is 14.3 Å². The molecule has 4 nitrogen and oxygen atoms in total. The maximum atomic E-state index is 11.7. The summed E-state index contributed by atoms with van der Waals surface area (Å²) in [5.74, 6) is -0.712. The van der Waals surface area contributed by atoms with E-state index in [9.17, 15) is 14.7 Å². The van der Waals surface area contributed by atoms with Crippen LogP contribution in [-0.2, 0) is 4.79 Å². The third-order valence-electron chi connectivity index (χ3n) is 2.50. The van der Waals surface area contributed by atoms with Crippen molar-refractivity contribution in [3.05, 3.63) is 51.9 Å². The van der Waals surface area contributed by atoms with Gasteiger partial charge in [0.05, 0.1) is 0 Å². The SMILES string of the molecule is CC(=O)C=C(O)c1cc2cc(C)ccc2oc1=O. The first-order valence-corrected chi connectivity index (χ1v) is 5.43. The van der Waals surface area contributed by atoms with Crippen LogP contribution in [0.5, 0.6) is 0 Å². The lowest BCUT2D eigenvalue weighted by molar-refractivity contribution is -0.112. The number of hydrogen-bond donors (Lipinski definition) is 1. The van der Waals surface area contributed by atoms with E-state index in [2.05, 4.69) is 0 Å². The Labute approximate surface area is 103 Å². The first-order chi connectivity index (χ1) is 8.47. The number of carbonyl (C=O) groups is 1. The molecule has 2 aromatic rings. The second-order valence-corrected chi connectivity index (χ2v) is 4.13. The van der Waals surface area contributed by atoms with E-state index < -0.39 is 5.63 Å². The van der Waals surface area contributed by atoms with Gasteiger partial charge in [-0.3, -0.25) is 4.79 Å². The molecule has 0 unspecified atom stereocenters. The Kier molecular flexibility index (Phi) is 3.02. The topological polar surface area (TPSA) is 67.5 Å². The van der Waals surface area contributed by atoms with E-state index in [1.807, 2.05) is 19.1 Å². The summed E-state index contributed by atoms with van der Waals surface area (Å²) in [6, 6.07) is 6.88. The van der Waals surface area contributed by atoms with Crippen molar-refractivity contribution >= 4 is 22.5 Å². The van der Waals surface area contributed by atoms with Crippen molar-refractivity contribution in [2.75, 3.05) is 0 Å². The average Bonchev–Trinajstić information content (AvgIpc) is 2.27. The number of rotatable bonds is 2. The minimum Gasteiger partial charge on any atom is -0.507 e. The Bertz CT molecular complexity index is 707. The average molecular weight is 244 g/mol. The van der Waals surface area contributed by atoms with Crippen LogP contribution < -0.4 is 5.63 Å². The molecule has 0 spiro atoms. The zero-order chi connectivity index (χ0) is 13.3. The molecule has 0 aliphatic heterocycles. The van der Waals surface area contributed by atoms with Crippen molar-refractivity contribution in [1.29, 1.82) is 0 Å². The van der Waals surface area contributed by atoms with Crippen molar-refractivity contribution in [3.8, 4) is 0 Å². The second kappa shape index (κ2) is 4.49. The first-order valence-electron chi connectivity index (χ1n) is 5.43. The molecule has 0 atom stereocenters. The summed E-state index contributed by atoms with van der Waals surface area (Å²) in [7, 11) is 0. The molecule has 0 fully saturated rings. The Morgan fingerprint density at radius 1 is 1.33 bits per heavy atom. The Balaban J connectivity index is 2.69. The molecule has 1 aromatic carbocycles. The van der Waals surface area contributed by atoms with Crippen molar-refractivity contribution in [3.63, 3.8) is 0 Å². The van der Waals surface area contributed by atoms with E-state index in [0.717, 1.165) is 11.6 Å². The summed E-state index contributed by atoms with van der Waals surface area (Å²) in [4.78, 5) is 22.5. The van der Waals surface area contributed by atoms with E-state index in [1.165, 1.54) is 13.0 Å². The Morgan fingerprint density at radius 2 is 2.06 bits per heavy atom. The molecule has 1 heterocycles. The van der Waals surface area contributed by atoms with Crippen LogP contribution in [0.1, 0.15) is 18.1 Å². The van der Waals surface area contributed by atoms with Crippen molar-refractivity contribution in [2.45, 2.75) is 13.8 Å². The summed E-state index contributed by atoms with van der Waals surface area (Å²) in [6.45, 7) is 3.21. The highest BCUT2D eigenvalue weighted by atomic mass is 16.4. The summed E-state index contributed by atoms with van der Waals surface area (Å²) >= 11 is 0. The minimum absolute atomic E-state index is 0.0108. The van der Waals surface area contributed by atoms with Crippen LogP contribution in [0.25, 0.3) is 16.7 Å². The lowest BCUT2D eigenvalue weighted by atomic mass is 10.1. The maximum absolute atomic E-state index is 11.7. The third kappa shape index (κ3) is 2.32. The van der Waals surface area contributed by atoms with Gasteiger partial charge in [0.1, 0.15) is 16.9 Å². The number of benzene rings is 1. The largest absolute Gasteiger partial charge is 0.507 e. The van der Waals surface area contributed by atoms with Gasteiger partial charge in [-0.05, 0) is 32.0 Å². The van der Waals surface area contributed by atoms with Gasteiger partial charge in [-0.15, -0.1) is 0 Å². The molecule has 0 aliphatic rings. The van der Waals surface area contributed by atoms with Crippen LogP contribution >= 0.6 is 0 Å². The summed E-state index contributed by atoms with van der Waals surface area (Å²) < 4.78 is 5.08. The van der Waals surface area contributed by atoms with E-state index in [-0.39, 0.29) is 17.1 Å². The molecule has 1 aromatic heterocycles. The molecule has 0 radical (unpaired) electrons. The number of hydrogen-bond acceptors (Lipinski definition) is 4. The quantitative estimate of drug-likeness (QED) is 0.501. The summed E-state index contributed by atoms with van der Waals surface area (Å²) in [5.41, 5.74) is 0.784. The van der Waals surface area contributed by atoms with Gasteiger partial charge in [0.15, 0.2) is 5.78 Å². The van der Waals surface area contributed by atoms with E-state index in [4.69, 9.17) is 4.42 Å². The summed E-state index contributed by atoms with van der Waals surface area (Å²) in [5, 5.41) is 10.4. The number of aryl methyl sites for hydroxylation is 1. The number of allylic oxidation sites excluding steroid dienone is 1. The van der Waals surface area contributed by atoms with Crippen molar-refractivity contribution in [2.24, 2.45) is 0 Å². The van der Waals surface area contributed by atoms with Crippen LogP contribution in [0.15, 0.2) is 39.6 Å². The molecule has 1 N–H and O–H groups in total. The van der Waals surface area contributed by atoms with Gasteiger partial charge >= 0.3 is 5.63 Å². The predicted octanol–water partition coefficient (Wildman–Crippen LogP) is 2.59. The summed E-state index contributed by atoms with van der Waals surface area (Å²) in [6.07, 6.45) is 0.994. The monoisotopic (exact) mass is 244 g/mol. The van der Waals surface area contributed by atoms with E-state index >= 15 is 0 Å². The minimum atomic E-state index is -0.665. The van der Waals surface area contributed by atoms with Crippen LogP contribution in [-0.4, -0.2) is 10.9 Å². The molecule has 0 aliphatic carbocycles. The standard InChI is InChI=1S/C14H12O4/c1-8-3-4-13-10(5-8)7-11(14(17)18-13)12(16)6-9(2)15/h3-7,16H,1-2H3. The highest BCUT2D eigenvalue weighted by molar-refractivity contribution is 5.94. The number of carbonyl (C=O) groups excluding carboxylic acids is 1. The number of ketones is 1. The van der Waals surface area contributed by atoms with Crippen LogP contribution in [0.2, 0.25) is 0 Å². The normalized spacial score (nSPS) is 11.8. The fourth-order valence-electron chi connectivity index (χ4n) is 1.69. The zero-order valence-corrected chi connectivity index (χ0v) is 10.1. The van der Waals surface area contributed by atoms with Crippen LogP contribution in [0, 0.1) is 6.92 Å². The lowest BCUT2D eigenvalue weighted by Gasteiger charge is -2.02. The van der Waals surface area contributed by atoms with Gasteiger partial charge in [0.2, 0.25) is 0 Å². The number of aliphatic hydroxyl groups excluding tert-OH is 1. The Morgan fingerprint density at radius 3 is 2.72 bits per heavy atom. The number of fused-ring (bicyclic) bond motifs is 1. The maximum Gasteiger partial charge on any atom is 0.347 e. The molecule has 18 heavy (non-hydrogen) atoms. The van der Waals surface area contributed by atoms with Gasteiger partial charge < -0.3 is 9.52 Å². The molecule has 0 bridgehead atoms. The lowest BCUT2D eigenvalue weighted by Crippen LogP contribution is -2.07. The van der Waals surface area contributed by atoms with E-state index in [1.54, 1.807) is 6.07 Å². The highest BCUT2D eigenvalue weighted by Gasteiger charge is 2.10. The molecular weight excluding hydrogens is 232 g/mol. The van der Waals surface area contributed by atoms with Gasteiger partial charge in [-0.1, -0.05) is 11.6 Å². The van der Waals surface area contributed by atoms with Gasteiger partial charge in [0.25, 0.3) is 0 Å². The van der Waals surface area contributed by atoms with Gasteiger partial charge in [0, 0.05) is 11.5 Å². The molecule has 0 saturated carbocycles. The fraction of sp³-hybridized carbons (Fsp3) is 0.143. The molecule has 0 amide bonds.